The van der Waals surface area contributed by atoms with E-state index in [9.17, 15) is 19.2 Å². The molecule has 9 heteroatoms. The van der Waals surface area contributed by atoms with Crippen molar-refractivity contribution in [3.8, 4) is 11.1 Å². The maximum atomic E-state index is 12.7. The van der Waals surface area contributed by atoms with Gasteiger partial charge < -0.3 is 27.2 Å². The molecule has 2 aromatic carbocycles. The second-order valence-corrected chi connectivity index (χ2v) is 8.36. The van der Waals surface area contributed by atoms with Gasteiger partial charge in [-0.05, 0) is 55.3 Å². The van der Waals surface area contributed by atoms with Crippen molar-refractivity contribution < 1.29 is 24.3 Å². The fourth-order valence-corrected chi connectivity index (χ4v) is 3.61. The number of hydrogen-bond acceptors (Lipinski definition) is 5. The average Bonchev–Trinajstić information content (AvgIpc) is 2.85. The molecule has 0 fully saturated rings. The summed E-state index contributed by atoms with van der Waals surface area (Å²) in [5, 5.41) is 14.2. The highest BCUT2D eigenvalue weighted by atomic mass is 16.4. The van der Waals surface area contributed by atoms with Crippen molar-refractivity contribution in [2.45, 2.75) is 57.0 Å². The quantitative estimate of drug-likeness (QED) is 0.243. The van der Waals surface area contributed by atoms with E-state index in [-0.39, 0.29) is 25.2 Å². The molecule has 2 aromatic rings. The number of aryl methyl sites for hydroxylation is 1. The first kappa shape index (κ1) is 27.5. The highest BCUT2D eigenvalue weighted by Crippen LogP contribution is 2.19. The van der Waals surface area contributed by atoms with Gasteiger partial charge in [-0.25, -0.2) is 0 Å². The Kier molecular flexibility index (Phi) is 11.4. The smallest absolute Gasteiger partial charge is 0.303 e. The van der Waals surface area contributed by atoms with Crippen LogP contribution in [0.1, 0.15) is 44.1 Å². The summed E-state index contributed by atoms with van der Waals surface area (Å²) in [6.07, 6.45) is 1.75. The maximum absolute atomic E-state index is 12.7. The van der Waals surface area contributed by atoms with Gasteiger partial charge in [0.15, 0.2) is 0 Å². The van der Waals surface area contributed by atoms with E-state index in [4.69, 9.17) is 16.6 Å². The van der Waals surface area contributed by atoms with Crippen molar-refractivity contribution >= 4 is 23.7 Å². The molecule has 0 spiro atoms. The minimum absolute atomic E-state index is 0.104. The maximum Gasteiger partial charge on any atom is 0.303 e. The standard InChI is InChI=1S/C26H34N4O5/c27-17-5-4-8-21(25(28)34)30-26(35)22(14-16-24(32)33)29-23(31)15-11-18-9-12-20(13-10-18)19-6-2-1-3-7-19/h1-3,6-7,9-10,12-13,21-22H,4-5,8,11,14-17,27H2,(H2,28,34)(H,29,31)(H,30,35)(H,32,33)/t21-,22?/m0/s1. The predicted molar refractivity (Wildman–Crippen MR) is 133 cm³/mol. The zero-order valence-corrected chi connectivity index (χ0v) is 19.7. The molecule has 0 saturated heterocycles. The first-order valence-electron chi connectivity index (χ1n) is 11.8. The molecule has 0 aliphatic carbocycles. The van der Waals surface area contributed by atoms with Crippen molar-refractivity contribution in [1.82, 2.24) is 10.6 Å². The summed E-state index contributed by atoms with van der Waals surface area (Å²) in [6, 6.07) is 15.8. The number of hydrogen-bond donors (Lipinski definition) is 5. The molecule has 0 bridgehead atoms. The summed E-state index contributed by atoms with van der Waals surface area (Å²) < 4.78 is 0. The molecule has 2 atom stereocenters. The molecule has 2 rings (SSSR count). The number of primary amides is 1. The summed E-state index contributed by atoms with van der Waals surface area (Å²) in [5.41, 5.74) is 14.0. The second kappa shape index (κ2) is 14.5. The van der Waals surface area contributed by atoms with Gasteiger partial charge in [-0.3, -0.25) is 19.2 Å². The molecule has 35 heavy (non-hydrogen) atoms. The lowest BCUT2D eigenvalue weighted by Crippen LogP contribution is -2.53. The zero-order chi connectivity index (χ0) is 25.6. The third-order valence-electron chi connectivity index (χ3n) is 5.61. The molecule has 0 aromatic heterocycles. The molecule has 0 saturated carbocycles. The molecule has 0 aliphatic rings. The van der Waals surface area contributed by atoms with Crippen LogP contribution in [0.25, 0.3) is 11.1 Å². The number of carboxylic acids is 1. The first-order valence-corrected chi connectivity index (χ1v) is 11.8. The Labute approximate surface area is 205 Å². The van der Waals surface area contributed by atoms with Crippen molar-refractivity contribution in [2.75, 3.05) is 6.54 Å². The molecule has 188 valence electrons. The third-order valence-corrected chi connectivity index (χ3v) is 5.61. The van der Waals surface area contributed by atoms with Crippen LogP contribution < -0.4 is 22.1 Å². The number of aliphatic carboxylic acids is 1. The molecule has 7 N–H and O–H groups in total. The lowest BCUT2D eigenvalue weighted by atomic mass is 10.0. The Morgan fingerprint density at radius 2 is 1.46 bits per heavy atom. The topological polar surface area (TPSA) is 165 Å². The molecule has 0 aliphatic heterocycles. The number of carbonyl (C=O) groups is 4. The van der Waals surface area contributed by atoms with Crippen molar-refractivity contribution in [3.05, 3.63) is 60.2 Å². The second-order valence-electron chi connectivity index (χ2n) is 8.36. The van der Waals surface area contributed by atoms with Crippen LogP contribution in [-0.2, 0) is 25.6 Å². The fraction of sp³-hybridized carbons (Fsp3) is 0.385. The van der Waals surface area contributed by atoms with Gasteiger partial charge >= 0.3 is 5.97 Å². The first-order chi connectivity index (χ1) is 16.8. The Bertz CT molecular complexity index is 979. The molecule has 1 unspecified atom stereocenters. The summed E-state index contributed by atoms with van der Waals surface area (Å²) in [7, 11) is 0. The Morgan fingerprint density at radius 3 is 2.06 bits per heavy atom. The number of nitrogens with two attached hydrogens (primary N) is 2. The third kappa shape index (κ3) is 9.97. The number of carboxylic acid groups (broad SMARTS) is 1. The highest BCUT2D eigenvalue weighted by Gasteiger charge is 2.26. The van der Waals surface area contributed by atoms with Crippen molar-refractivity contribution in [2.24, 2.45) is 11.5 Å². The van der Waals surface area contributed by atoms with E-state index >= 15 is 0 Å². The Balaban J connectivity index is 1.94. The number of unbranched alkanes of at least 4 members (excludes halogenated alkanes) is 1. The minimum Gasteiger partial charge on any atom is -0.481 e. The van der Waals surface area contributed by atoms with E-state index in [0.717, 1.165) is 16.7 Å². The van der Waals surface area contributed by atoms with Gasteiger partial charge in [-0.1, -0.05) is 54.6 Å². The monoisotopic (exact) mass is 482 g/mol. The van der Waals surface area contributed by atoms with Gasteiger partial charge in [0.1, 0.15) is 12.1 Å². The van der Waals surface area contributed by atoms with E-state index in [0.29, 0.717) is 32.2 Å². The van der Waals surface area contributed by atoms with E-state index in [1.165, 1.54) is 0 Å². The summed E-state index contributed by atoms with van der Waals surface area (Å²) in [5.74, 6) is -2.81. The molecular weight excluding hydrogens is 448 g/mol. The van der Waals surface area contributed by atoms with Crippen LogP contribution in [0, 0.1) is 0 Å². The van der Waals surface area contributed by atoms with E-state index in [2.05, 4.69) is 10.6 Å². The predicted octanol–water partition coefficient (Wildman–Crippen LogP) is 1.73. The molecule has 0 radical (unpaired) electrons. The number of rotatable bonds is 15. The van der Waals surface area contributed by atoms with Crippen LogP contribution in [0.5, 0.6) is 0 Å². The van der Waals surface area contributed by atoms with Crippen LogP contribution in [0.4, 0.5) is 0 Å². The van der Waals surface area contributed by atoms with Crippen LogP contribution in [-0.4, -0.2) is 47.4 Å². The van der Waals surface area contributed by atoms with E-state index in [1.54, 1.807) is 0 Å². The van der Waals surface area contributed by atoms with Crippen LogP contribution in [0.3, 0.4) is 0 Å². The van der Waals surface area contributed by atoms with Crippen LogP contribution in [0.15, 0.2) is 54.6 Å². The van der Waals surface area contributed by atoms with E-state index in [1.807, 2.05) is 54.6 Å². The van der Waals surface area contributed by atoms with Gasteiger partial charge in [-0.2, -0.15) is 0 Å². The summed E-state index contributed by atoms with van der Waals surface area (Å²) in [6.45, 7) is 0.450. The van der Waals surface area contributed by atoms with Crippen LogP contribution in [0.2, 0.25) is 0 Å². The van der Waals surface area contributed by atoms with Gasteiger partial charge in [0, 0.05) is 12.8 Å². The number of benzene rings is 2. The summed E-state index contributed by atoms with van der Waals surface area (Å²) in [4.78, 5) is 48.0. The van der Waals surface area contributed by atoms with Gasteiger partial charge in [0.05, 0.1) is 0 Å². The van der Waals surface area contributed by atoms with Gasteiger partial charge in [0.2, 0.25) is 17.7 Å². The number of nitrogens with one attached hydrogen (secondary N) is 2. The normalized spacial score (nSPS) is 12.4. The molecule has 0 heterocycles. The number of carbonyl (C=O) groups excluding carboxylic acids is 3. The molecular formula is C26H34N4O5. The van der Waals surface area contributed by atoms with Crippen molar-refractivity contribution in [1.29, 1.82) is 0 Å². The largest absolute Gasteiger partial charge is 0.481 e. The average molecular weight is 483 g/mol. The highest BCUT2D eigenvalue weighted by molar-refractivity contribution is 5.91. The van der Waals surface area contributed by atoms with E-state index < -0.39 is 29.9 Å². The van der Waals surface area contributed by atoms with Gasteiger partial charge in [0.25, 0.3) is 0 Å². The summed E-state index contributed by atoms with van der Waals surface area (Å²) >= 11 is 0. The SMILES string of the molecule is NCCCC[C@H](NC(=O)C(CCC(=O)O)NC(=O)CCc1ccc(-c2ccccc2)cc1)C(N)=O. The number of amides is 3. The fourth-order valence-electron chi connectivity index (χ4n) is 3.61. The lowest BCUT2D eigenvalue weighted by molar-refractivity contribution is -0.138. The van der Waals surface area contributed by atoms with Gasteiger partial charge in [-0.15, -0.1) is 0 Å². The molecule has 9 nitrogen and oxygen atoms in total. The lowest BCUT2D eigenvalue weighted by Gasteiger charge is -2.21. The zero-order valence-electron chi connectivity index (χ0n) is 19.7. The molecule has 3 amide bonds. The Morgan fingerprint density at radius 1 is 0.800 bits per heavy atom. The minimum atomic E-state index is -1.09. The Hall–Kier alpha value is -3.72. The van der Waals surface area contributed by atoms with Crippen LogP contribution >= 0.6 is 0 Å². The van der Waals surface area contributed by atoms with Crippen molar-refractivity contribution in [3.63, 3.8) is 0 Å².